The van der Waals surface area contributed by atoms with Crippen molar-refractivity contribution in [2.75, 3.05) is 0 Å². The highest BCUT2D eigenvalue weighted by molar-refractivity contribution is 7.86. The Morgan fingerprint density at radius 2 is 1.53 bits per heavy atom. The van der Waals surface area contributed by atoms with Crippen molar-refractivity contribution in [2.45, 2.75) is 62.9 Å². The number of carbonyl (C=O) groups is 1. The van der Waals surface area contributed by atoms with Gasteiger partial charge >= 0.3 is 5.97 Å². The molecule has 1 aliphatic rings. The van der Waals surface area contributed by atoms with Crippen molar-refractivity contribution in [3.63, 3.8) is 0 Å². The Morgan fingerprint density at radius 1 is 0.972 bits per heavy atom. The normalized spacial score (nSPS) is 21.2. The first-order chi connectivity index (χ1) is 17.2. The maximum absolute atomic E-state index is 12.9. The van der Waals surface area contributed by atoms with Crippen LogP contribution < -0.4 is 0 Å². The highest BCUT2D eigenvalue weighted by Crippen LogP contribution is 2.47. The fraction of sp³-hybridized carbons (Fsp3) is 0.367. The molecular weight excluding hydrogens is 472 g/mol. The third kappa shape index (κ3) is 5.88. The maximum Gasteiger partial charge on any atom is 0.309 e. The first kappa shape index (κ1) is 26.1. The van der Waals surface area contributed by atoms with Gasteiger partial charge in [0.1, 0.15) is 0 Å². The quantitative estimate of drug-likeness (QED) is 0.332. The van der Waals surface area contributed by atoms with Gasteiger partial charge < -0.3 is 5.11 Å². The van der Waals surface area contributed by atoms with Crippen LogP contribution in [-0.4, -0.2) is 25.6 Å². The van der Waals surface area contributed by atoms with Gasteiger partial charge in [0.05, 0.1) is 16.4 Å². The number of benzene rings is 3. The number of aryl methyl sites for hydroxylation is 1. The monoisotopic (exact) mass is 506 g/mol. The first-order valence-corrected chi connectivity index (χ1v) is 13.9. The zero-order chi connectivity index (χ0) is 25.8. The molecule has 1 saturated carbocycles. The second-order valence-electron chi connectivity index (χ2n) is 10.1. The van der Waals surface area contributed by atoms with Gasteiger partial charge in [0.15, 0.2) is 0 Å². The van der Waals surface area contributed by atoms with Crippen LogP contribution in [0, 0.1) is 18.3 Å². The molecule has 1 fully saturated rings. The minimum atomic E-state index is -3.98. The average molecular weight is 507 g/mol. The van der Waals surface area contributed by atoms with E-state index in [0.717, 1.165) is 16.7 Å². The van der Waals surface area contributed by atoms with Crippen LogP contribution in [0.4, 0.5) is 0 Å². The molecule has 2 unspecified atom stereocenters. The lowest BCUT2D eigenvalue weighted by Gasteiger charge is -2.40. The van der Waals surface area contributed by atoms with E-state index in [-0.39, 0.29) is 23.2 Å². The fourth-order valence-electron chi connectivity index (χ4n) is 5.70. The molecule has 6 heteroatoms. The average Bonchev–Trinajstić information content (AvgIpc) is 2.85. The smallest absolute Gasteiger partial charge is 0.309 e. The van der Waals surface area contributed by atoms with Crippen molar-refractivity contribution < 1.29 is 22.5 Å². The van der Waals surface area contributed by atoms with Gasteiger partial charge in [-0.3, -0.25) is 8.98 Å². The van der Waals surface area contributed by atoms with Crippen LogP contribution in [0.1, 0.15) is 61.6 Å². The van der Waals surface area contributed by atoms with Gasteiger partial charge in [-0.15, -0.1) is 0 Å². The predicted molar refractivity (Wildman–Crippen MR) is 140 cm³/mol. The van der Waals surface area contributed by atoms with E-state index in [1.165, 1.54) is 12.1 Å². The molecule has 3 atom stereocenters. The van der Waals surface area contributed by atoms with Crippen molar-refractivity contribution in [2.24, 2.45) is 11.3 Å². The van der Waals surface area contributed by atoms with Crippen LogP contribution in [0.3, 0.4) is 0 Å². The minimum Gasteiger partial charge on any atom is -0.481 e. The van der Waals surface area contributed by atoms with E-state index >= 15 is 0 Å². The highest BCUT2D eigenvalue weighted by Gasteiger charge is 2.46. The Kier molecular flexibility index (Phi) is 7.96. The number of carboxylic acid groups (broad SMARTS) is 1. The van der Waals surface area contributed by atoms with E-state index in [4.69, 9.17) is 4.18 Å². The SMILES string of the molecule is Cc1ccc(S(=O)(=O)OC2CCCC(C[C@H](C)C(c3ccccc3)c3ccccc3)(C(=O)O)C2)cc1. The Hall–Kier alpha value is -2.96. The van der Waals surface area contributed by atoms with Crippen molar-refractivity contribution in [1.82, 2.24) is 0 Å². The van der Waals surface area contributed by atoms with E-state index in [1.807, 2.05) is 43.3 Å². The highest BCUT2D eigenvalue weighted by atomic mass is 32.2. The van der Waals surface area contributed by atoms with Crippen LogP contribution in [0.25, 0.3) is 0 Å². The van der Waals surface area contributed by atoms with Gasteiger partial charge in [-0.1, -0.05) is 85.3 Å². The van der Waals surface area contributed by atoms with Gasteiger partial charge in [-0.25, -0.2) is 0 Å². The third-order valence-electron chi connectivity index (χ3n) is 7.43. The zero-order valence-electron chi connectivity index (χ0n) is 20.8. The molecule has 1 N–H and O–H groups in total. The molecule has 3 aromatic rings. The van der Waals surface area contributed by atoms with Gasteiger partial charge in [0.25, 0.3) is 10.1 Å². The Bertz CT molecular complexity index is 1220. The first-order valence-electron chi connectivity index (χ1n) is 12.5. The van der Waals surface area contributed by atoms with E-state index in [0.29, 0.717) is 25.7 Å². The summed E-state index contributed by atoms with van der Waals surface area (Å²) in [5.41, 5.74) is 2.19. The van der Waals surface area contributed by atoms with Crippen molar-refractivity contribution in [3.05, 3.63) is 102 Å². The molecule has 0 aliphatic heterocycles. The van der Waals surface area contributed by atoms with Crippen LogP contribution >= 0.6 is 0 Å². The summed E-state index contributed by atoms with van der Waals surface area (Å²) in [5, 5.41) is 10.4. The lowest BCUT2D eigenvalue weighted by molar-refractivity contribution is -0.154. The second kappa shape index (κ2) is 11.0. The summed E-state index contributed by atoms with van der Waals surface area (Å²) < 4.78 is 31.5. The summed E-state index contributed by atoms with van der Waals surface area (Å²) in [5.74, 6) is -0.838. The number of aliphatic carboxylic acids is 1. The molecular formula is C30H34O5S. The van der Waals surface area contributed by atoms with Gasteiger partial charge in [0, 0.05) is 5.92 Å². The number of hydrogen-bond donors (Lipinski definition) is 1. The second-order valence-corrected chi connectivity index (χ2v) is 11.7. The molecule has 0 aromatic heterocycles. The zero-order valence-corrected chi connectivity index (χ0v) is 21.7. The van der Waals surface area contributed by atoms with Crippen LogP contribution in [0.15, 0.2) is 89.8 Å². The molecule has 0 heterocycles. The van der Waals surface area contributed by atoms with Gasteiger partial charge in [-0.05, 0) is 68.2 Å². The van der Waals surface area contributed by atoms with Crippen LogP contribution in [0.2, 0.25) is 0 Å². The van der Waals surface area contributed by atoms with E-state index in [9.17, 15) is 18.3 Å². The van der Waals surface area contributed by atoms with E-state index in [1.54, 1.807) is 12.1 Å². The molecule has 3 aromatic carbocycles. The summed E-state index contributed by atoms with van der Waals surface area (Å²) >= 11 is 0. The topological polar surface area (TPSA) is 80.7 Å². The Morgan fingerprint density at radius 3 is 2.06 bits per heavy atom. The standard InChI is InChI=1S/C30H34O5S/c1-22-15-17-27(18-16-22)36(33,34)35-26-14-9-19-30(21-26,29(31)32)20-23(2)28(24-10-5-3-6-11-24)25-12-7-4-8-13-25/h3-8,10-13,15-18,23,26,28H,9,14,19-21H2,1-2H3,(H,31,32)/t23-,26?,30?/m0/s1. The molecule has 0 spiro atoms. The molecule has 190 valence electrons. The largest absolute Gasteiger partial charge is 0.481 e. The number of carboxylic acids is 1. The number of rotatable bonds is 9. The van der Waals surface area contributed by atoms with Crippen molar-refractivity contribution in [3.8, 4) is 0 Å². The molecule has 0 saturated heterocycles. The lowest BCUT2D eigenvalue weighted by atomic mass is 9.65. The Balaban J connectivity index is 1.58. The van der Waals surface area contributed by atoms with Gasteiger partial charge in [-0.2, -0.15) is 8.42 Å². The molecule has 0 amide bonds. The van der Waals surface area contributed by atoms with Crippen molar-refractivity contribution in [1.29, 1.82) is 0 Å². The van der Waals surface area contributed by atoms with Crippen molar-refractivity contribution >= 4 is 16.1 Å². The van der Waals surface area contributed by atoms with E-state index < -0.39 is 27.6 Å². The molecule has 36 heavy (non-hydrogen) atoms. The summed E-state index contributed by atoms with van der Waals surface area (Å²) in [6.45, 7) is 3.99. The lowest BCUT2D eigenvalue weighted by Crippen LogP contribution is -2.41. The molecule has 0 bridgehead atoms. The predicted octanol–water partition coefficient (Wildman–Crippen LogP) is 6.57. The minimum absolute atomic E-state index is 0.0124. The summed E-state index contributed by atoms with van der Waals surface area (Å²) in [6, 6.07) is 26.8. The van der Waals surface area contributed by atoms with Crippen LogP contribution in [0.5, 0.6) is 0 Å². The number of hydrogen-bond acceptors (Lipinski definition) is 4. The maximum atomic E-state index is 12.9. The fourth-order valence-corrected chi connectivity index (χ4v) is 6.80. The Labute approximate surface area is 214 Å². The third-order valence-corrected chi connectivity index (χ3v) is 8.80. The summed E-state index contributed by atoms with van der Waals surface area (Å²) in [4.78, 5) is 12.8. The molecule has 1 aliphatic carbocycles. The molecule has 4 rings (SSSR count). The van der Waals surface area contributed by atoms with Gasteiger partial charge in [0.2, 0.25) is 0 Å². The summed E-state index contributed by atoms with van der Waals surface area (Å²) in [7, 11) is -3.98. The van der Waals surface area contributed by atoms with E-state index in [2.05, 4.69) is 31.2 Å². The molecule has 5 nitrogen and oxygen atoms in total. The molecule has 0 radical (unpaired) electrons. The summed E-state index contributed by atoms with van der Waals surface area (Å²) in [6.07, 6.45) is 1.58. The van der Waals surface area contributed by atoms with Crippen LogP contribution in [-0.2, 0) is 19.1 Å².